The lowest BCUT2D eigenvalue weighted by Gasteiger charge is -2.31. The zero-order valence-corrected chi connectivity index (χ0v) is 18.0. The second-order valence-electron chi connectivity index (χ2n) is 8.45. The van der Waals surface area contributed by atoms with Gasteiger partial charge in [-0.3, -0.25) is 0 Å². The molecule has 2 atom stereocenters. The van der Waals surface area contributed by atoms with E-state index in [-0.39, 0.29) is 34.1 Å². The van der Waals surface area contributed by atoms with E-state index in [0.717, 1.165) is 19.3 Å². The number of halogens is 3. The van der Waals surface area contributed by atoms with Crippen LogP contribution in [0.2, 0.25) is 10.4 Å². The smallest absolute Gasteiger partial charge is 0.410 e. The van der Waals surface area contributed by atoms with Gasteiger partial charge in [-0.15, -0.1) is 0 Å². The Hall–Kier alpha value is -1.93. The molecule has 156 valence electrons. The first kappa shape index (κ1) is 20.3. The predicted molar refractivity (Wildman–Crippen MR) is 109 cm³/mol. The third kappa shape index (κ3) is 3.92. The maximum atomic E-state index is 14.4. The minimum atomic E-state index is -0.721. The van der Waals surface area contributed by atoms with Crippen LogP contribution in [0.25, 0.3) is 10.9 Å². The van der Waals surface area contributed by atoms with E-state index in [9.17, 15) is 9.18 Å². The van der Waals surface area contributed by atoms with Crippen molar-refractivity contribution in [2.75, 3.05) is 18.0 Å². The van der Waals surface area contributed by atoms with Gasteiger partial charge >= 0.3 is 6.09 Å². The molecule has 29 heavy (non-hydrogen) atoms. The molecule has 0 radical (unpaired) electrons. The Morgan fingerprint density at radius 1 is 1.21 bits per heavy atom. The fraction of sp³-hybridized carbons (Fsp3) is 0.579. The summed E-state index contributed by atoms with van der Waals surface area (Å²) < 4.78 is 20.1. The van der Waals surface area contributed by atoms with Crippen molar-refractivity contribution in [3.63, 3.8) is 0 Å². The fourth-order valence-corrected chi connectivity index (χ4v) is 4.42. The molecule has 2 bridgehead atoms. The molecular weight excluding hydrogens is 420 g/mol. The fourth-order valence-electron chi connectivity index (χ4n) is 4.11. The van der Waals surface area contributed by atoms with Crippen molar-refractivity contribution in [3.05, 3.63) is 22.5 Å². The number of rotatable bonds is 1. The van der Waals surface area contributed by atoms with Crippen LogP contribution in [0.15, 0.2) is 6.20 Å². The average Bonchev–Trinajstić information content (AvgIpc) is 2.91. The lowest BCUT2D eigenvalue weighted by molar-refractivity contribution is 0.0163. The van der Waals surface area contributed by atoms with Gasteiger partial charge in [-0.2, -0.15) is 4.98 Å². The Balaban J connectivity index is 1.67. The van der Waals surface area contributed by atoms with Crippen LogP contribution >= 0.6 is 23.2 Å². The van der Waals surface area contributed by atoms with Gasteiger partial charge in [0.25, 0.3) is 0 Å². The number of hydrogen-bond donors (Lipinski definition) is 0. The van der Waals surface area contributed by atoms with Crippen LogP contribution < -0.4 is 4.90 Å². The van der Waals surface area contributed by atoms with Crippen LogP contribution in [-0.4, -0.2) is 56.7 Å². The van der Waals surface area contributed by atoms with Crippen LogP contribution in [0.1, 0.15) is 40.0 Å². The van der Waals surface area contributed by atoms with Gasteiger partial charge in [0.2, 0.25) is 5.28 Å². The molecule has 2 aromatic rings. The van der Waals surface area contributed by atoms with Gasteiger partial charge in [0.15, 0.2) is 11.0 Å². The number of amides is 1. The van der Waals surface area contributed by atoms with Crippen LogP contribution in [0.3, 0.4) is 0 Å². The molecule has 1 amide bonds. The number of nitrogens with zero attached hydrogens (tertiary/aromatic N) is 5. The largest absolute Gasteiger partial charge is 0.444 e. The summed E-state index contributed by atoms with van der Waals surface area (Å²) in [5.41, 5.74) is -0.514. The monoisotopic (exact) mass is 441 g/mol. The molecule has 0 aliphatic carbocycles. The summed E-state index contributed by atoms with van der Waals surface area (Å²) in [5.74, 6) is -0.221. The highest BCUT2D eigenvalue weighted by atomic mass is 35.5. The topological polar surface area (TPSA) is 71.5 Å². The van der Waals surface area contributed by atoms with Crippen molar-refractivity contribution < 1.29 is 13.9 Å². The van der Waals surface area contributed by atoms with E-state index in [1.807, 2.05) is 30.6 Å². The highest BCUT2D eigenvalue weighted by Gasteiger charge is 2.42. The first-order chi connectivity index (χ1) is 13.6. The molecule has 2 aromatic heterocycles. The average molecular weight is 442 g/mol. The van der Waals surface area contributed by atoms with Crippen molar-refractivity contribution in [1.29, 1.82) is 0 Å². The Morgan fingerprint density at radius 3 is 2.66 bits per heavy atom. The SMILES string of the molecule is CC(C)(C)OC(=O)N1C2CCC1CN(c1nc(Cl)nc3c(F)c(Cl)ncc13)CC2. The molecule has 0 spiro atoms. The molecular formula is C19H22Cl2FN5O2. The van der Waals surface area contributed by atoms with Crippen molar-refractivity contribution in [2.24, 2.45) is 0 Å². The van der Waals surface area contributed by atoms with Crippen molar-refractivity contribution >= 4 is 46.0 Å². The molecule has 7 nitrogen and oxygen atoms in total. The molecule has 2 saturated heterocycles. The van der Waals surface area contributed by atoms with Crippen LogP contribution in [0.5, 0.6) is 0 Å². The minimum absolute atomic E-state index is 0.0220. The summed E-state index contributed by atoms with van der Waals surface area (Å²) in [7, 11) is 0. The molecule has 2 aliphatic rings. The molecule has 4 heterocycles. The molecule has 0 N–H and O–H groups in total. The Labute approximate surface area is 178 Å². The van der Waals surface area contributed by atoms with Crippen LogP contribution in [0.4, 0.5) is 15.0 Å². The number of carbonyl (C=O) groups excluding carboxylic acids is 1. The zero-order chi connectivity index (χ0) is 20.9. The lowest BCUT2D eigenvalue weighted by atomic mass is 10.1. The third-order valence-electron chi connectivity index (χ3n) is 5.28. The van der Waals surface area contributed by atoms with Crippen molar-refractivity contribution in [1.82, 2.24) is 19.9 Å². The molecule has 0 saturated carbocycles. The van der Waals surface area contributed by atoms with Gasteiger partial charge in [-0.1, -0.05) is 11.6 Å². The summed E-state index contributed by atoms with van der Waals surface area (Å²) in [5, 5.41) is 0.120. The normalized spacial score (nSPS) is 22.1. The molecule has 0 aromatic carbocycles. The number of aromatic nitrogens is 3. The van der Waals surface area contributed by atoms with Crippen LogP contribution in [-0.2, 0) is 4.74 Å². The van der Waals surface area contributed by atoms with Crippen molar-refractivity contribution in [3.8, 4) is 0 Å². The maximum Gasteiger partial charge on any atom is 0.410 e. The van der Waals surface area contributed by atoms with Gasteiger partial charge in [0.1, 0.15) is 16.9 Å². The number of hydrogen-bond acceptors (Lipinski definition) is 6. The molecule has 2 unspecified atom stereocenters. The second-order valence-corrected chi connectivity index (χ2v) is 9.14. The van der Waals surface area contributed by atoms with Gasteiger partial charge in [0, 0.05) is 25.3 Å². The Kier molecular flexibility index (Phi) is 5.19. The summed E-state index contributed by atoms with van der Waals surface area (Å²) in [6, 6.07) is 0.0824. The number of carbonyl (C=O) groups is 1. The number of anilines is 1. The summed E-state index contributed by atoms with van der Waals surface area (Å²) >= 11 is 11.9. The van der Waals surface area contributed by atoms with Gasteiger partial charge in [-0.25, -0.2) is 19.2 Å². The quantitative estimate of drug-likeness (QED) is 0.480. The Bertz CT molecular complexity index is 968. The number of fused-ring (bicyclic) bond motifs is 3. The maximum absolute atomic E-state index is 14.4. The summed E-state index contributed by atoms with van der Waals surface area (Å²) in [4.78, 5) is 28.9. The van der Waals surface area contributed by atoms with E-state index in [1.54, 1.807) is 0 Å². The van der Waals surface area contributed by atoms with Gasteiger partial charge in [0.05, 0.1) is 11.4 Å². The molecule has 4 rings (SSSR count). The standard InChI is InChI=1S/C19H22Cl2FN5O2/c1-19(2,3)29-18(28)27-10-4-5-11(27)9-26(7-6-10)16-12-8-23-15(20)13(22)14(12)24-17(21)25-16/h8,10-11H,4-7,9H2,1-3H3. The number of ether oxygens (including phenoxy) is 1. The van der Waals surface area contributed by atoms with Gasteiger partial charge in [-0.05, 0) is 51.6 Å². The van der Waals surface area contributed by atoms with E-state index in [1.165, 1.54) is 6.20 Å². The van der Waals surface area contributed by atoms with E-state index >= 15 is 0 Å². The summed E-state index contributed by atoms with van der Waals surface area (Å²) in [6.45, 7) is 6.77. The second kappa shape index (κ2) is 7.40. The van der Waals surface area contributed by atoms with Crippen molar-refractivity contribution in [2.45, 2.75) is 57.7 Å². The molecule has 2 fully saturated rings. The zero-order valence-electron chi connectivity index (χ0n) is 16.5. The molecule has 10 heteroatoms. The lowest BCUT2D eigenvalue weighted by Crippen LogP contribution is -2.45. The highest BCUT2D eigenvalue weighted by Crippen LogP contribution is 2.35. The Morgan fingerprint density at radius 2 is 1.93 bits per heavy atom. The number of pyridine rings is 1. The van der Waals surface area contributed by atoms with Gasteiger partial charge < -0.3 is 14.5 Å². The highest BCUT2D eigenvalue weighted by molar-refractivity contribution is 6.30. The third-order valence-corrected chi connectivity index (χ3v) is 5.71. The molecule has 2 aliphatic heterocycles. The first-order valence-corrected chi connectivity index (χ1v) is 10.3. The summed E-state index contributed by atoms with van der Waals surface area (Å²) in [6.07, 6.45) is 3.73. The van der Waals surface area contributed by atoms with E-state index in [0.29, 0.717) is 24.3 Å². The van der Waals surface area contributed by atoms with E-state index < -0.39 is 11.4 Å². The van der Waals surface area contributed by atoms with E-state index in [2.05, 4.69) is 15.0 Å². The predicted octanol–water partition coefficient (Wildman–Crippen LogP) is 4.45. The van der Waals surface area contributed by atoms with Crippen LogP contribution in [0, 0.1) is 5.82 Å². The first-order valence-electron chi connectivity index (χ1n) is 9.57. The van der Waals surface area contributed by atoms with E-state index in [4.69, 9.17) is 27.9 Å². The minimum Gasteiger partial charge on any atom is -0.444 e.